The smallest absolute Gasteiger partial charge is 0.0819 e. The Morgan fingerprint density at radius 1 is 1.22 bits per heavy atom. The van der Waals surface area contributed by atoms with Gasteiger partial charge in [0, 0.05) is 57.8 Å². The van der Waals surface area contributed by atoms with Gasteiger partial charge in [0.1, 0.15) is 0 Å². The number of hydrogen-bond donors (Lipinski definition) is 1. The molecule has 1 N–H and O–H groups in total. The highest BCUT2D eigenvalue weighted by molar-refractivity contribution is 7.20. The van der Waals surface area contributed by atoms with Crippen molar-refractivity contribution in [3.8, 4) is 0 Å². The highest BCUT2D eigenvalue weighted by atomic mass is 32.1. The Labute approximate surface area is 198 Å². The van der Waals surface area contributed by atoms with E-state index in [0.29, 0.717) is 6.04 Å². The first kappa shape index (κ1) is 21.2. The summed E-state index contributed by atoms with van der Waals surface area (Å²) in [4.78, 5) is 9.66. The van der Waals surface area contributed by atoms with Crippen molar-refractivity contribution in [2.24, 2.45) is 0 Å². The third-order valence-corrected chi connectivity index (χ3v) is 8.92. The summed E-state index contributed by atoms with van der Waals surface area (Å²) in [6.45, 7) is 14.2. The van der Waals surface area contributed by atoms with Crippen molar-refractivity contribution in [2.45, 2.75) is 39.2 Å². The lowest BCUT2D eigenvalue weighted by atomic mass is 10.0. The molecule has 0 aliphatic carbocycles. The van der Waals surface area contributed by atoms with Gasteiger partial charge in [-0.05, 0) is 62.4 Å². The largest absolute Gasteiger partial charge is 0.388 e. The molecule has 0 saturated carbocycles. The van der Waals surface area contributed by atoms with Crippen molar-refractivity contribution in [1.82, 2.24) is 15.2 Å². The highest BCUT2D eigenvalue weighted by Crippen LogP contribution is 2.37. The summed E-state index contributed by atoms with van der Waals surface area (Å²) in [5.74, 6) is 0. The van der Waals surface area contributed by atoms with E-state index in [0.717, 1.165) is 29.9 Å². The third kappa shape index (κ3) is 3.63. The Balaban J connectivity index is 1.47. The molecule has 4 aromatic rings. The first-order valence-electron chi connectivity index (χ1n) is 11.2. The second kappa shape index (κ2) is 8.38. The molecule has 1 aliphatic heterocycles. The van der Waals surface area contributed by atoms with Gasteiger partial charge in [0.2, 0.25) is 0 Å². The van der Waals surface area contributed by atoms with Gasteiger partial charge in [-0.15, -0.1) is 22.7 Å². The topological polar surface area (TPSA) is 28.2 Å². The van der Waals surface area contributed by atoms with Crippen molar-refractivity contribution in [3.05, 3.63) is 76.1 Å². The van der Waals surface area contributed by atoms with Crippen LogP contribution in [0.2, 0.25) is 0 Å². The summed E-state index contributed by atoms with van der Waals surface area (Å²) in [5.41, 5.74) is 7.11. The predicted molar refractivity (Wildman–Crippen MR) is 142 cm³/mol. The maximum atomic E-state index is 4.66. The maximum Gasteiger partial charge on any atom is 0.0819 e. The fraction of sp³-hybridized carbons (Fsp3) is 0.296. The van der Waals surface area contributed by atoms with E-state index in [2.05, 4.69) is 72.5 Å². The summed E-state index contributed by atoms with van der Waals surface area (Å²) in [7, 11) is 1.93. The van der Waals surface area contributed by atoms with Crippen LogP contribution in [0.25, 0.3) is 31.7 Å². The molecule has 1 aliphatic rings. The van der Waals surface area contributed by atoms with Gasteiger partial charge in [0.15, 0.2) is 0 Å². The Morgan fingerprint density at radius 2 is 2.06 bits per heavy atom. The molecule has 1 saturated heterocycles. The molecule has 1 atom stereocenters. The lowest BCUT2D eigenvalue weighted by molar-refractivity contribution is 0.395. The lowest BCUT2D eigenvalue weighted by Gasteiger charge is -2.25. The number of rotatable bonds is 6. The summed E-state index contributed by atoms with van der Waals surface area (Å²) in [5, 5.41) is 4.49. The maximum absolute atomic E-state index is 4.66. The Kier molecular flexibility index (Phi) is 5.56. The summed E-state index contributed by atoms with van der Waals surface area (Å²) >= 11 is 3.68. The van der Waals surface area contributed by atoms with Gasteiger partial charge < -0.3 is 10.2 Å². The fourth-order valence-corrected chi connectivity index (χ4v) is 7.11. The minimum absolute atomic E-state index is 0.574. The van der Waals surface area contributed by atoms with E-state index in [1.165, 1.54) is 54.1 Å². The van der Waals surface area contributed by atoms with Crippen LogP contribution in [-0.2, 0) is 6.42 Å². The average Bonchev–Trinajstić information content (AvgIpc) is 3.49. The average molecular weight is 460 g/mol. The second-order valence-electron chi connectivity index (χ2n) is 8.70. The normalized spacial score (nSPS) is 16.2. The summed E-state index contributed by atoms with van der Waals surface area (Å²) in [6.07, 6.45) is 5.35. The van der Waals surface area contributed by atoms with Crippen LogP contribution in [0.5, 0.6) is 0 Å². The van der Waals surface area contributed by atoms with E-state index in [-0.39, 0.29) is 0 Å². The zero-order chi connectivity index (χ0) is 22.4. The molecule has 1 unspecified atom stereocenters. The first-order valence-corrected chi connectivity index (χ1v) is 12.8. The molecule has 0 spiro atoms. The highest BCUT2D eigenvalue weighted by Gasteiger charge is 2.23. The molecule has 3 aromatic heterocycles. The van der Waals surface area contributed by atoms with E-state index in [1.807, 2.05) is 35.9 Å². The number of thiophene rings is 2. The van der Waals surface area contributed by atoms with E-state index in [9.17, 15) is 0 Å². The molecule has 1 aromatic carbocycles. The lowest BCUT2D eigenvalue weighted by Crippen LogP contribution is -2.24. The van der Waals surface area contributed by atoms with Crippen molar-refractivity contribution < 1.29 is 0 Å². The van der Waals surface area contributed by atoms with Gasteiger partial charge in [0.05, 0.1) is 15.1 Å². The second-order valence-corrected chi connectivity index (χ2v) is 11.0. The molecule has 0 bridgehead atoms. The van der Waals surface area contributed by atoms with E-state index >= 15 is 0 Å². The molecule has 5 rings (SSSR count). The Morgan fingerprint density at radius 3 is 2.81 bits per heavy atom. The van der Waals surface area contributed by atoms with Crippen LogP contribution >= 0.6 is 22.7 Å². The standard InChI is InChI=1S/C27H29N3S2/c1-16-7-6-12-30(16)18(3)24-15-23-27(32-24)21(10-11-29-23)13-20-8-9-22-25(14-20)31-19(4)26(22)17(2)28-5/h8-11,14-16,28H,2-3,6-7,12-13H2,1,4-5H3. The minimum atomic E-state index is 0.574. The van der Waals surface area contributed by atoms with Crippen LogP contribution < -0.4 is 5.32 Å². The first-order chi connectivity index (χ1) is 15.5. The molecule has 164 valence electrons. The zero-order valence-electron chi connectivity index (χ0n) is 19.0. The van der Waals surface area contributed by atoms with Crippen molar-refractivity contribution in [2.75, 3.05) is 13.6 Å². The van der Waals surface area contributed by atoms with Crippen LogP contribution in [-0.4, -0.2) is 29.5 Å². The molecule has 1 fully saturated rings. The monoisotopic (exact) mass is 459 g/mol. The Bertz CT molecular complexity index is 1340. The van der Waals surface area contributed by atoms with E-state index in [4.69, 9.17) is 0 Å². The van der Waals surface area contributed by atoms with Crippen LogP contribution in [0.3, 0.4) is 0 Å². The number of nitrogens with one attached hydrogen (secondary N) is 1. The van der Waals surface area contributed by atoms with Gasteiger partial charge in [-0.1, -0.05) is 25.3 Å². The van der Waals surface area contributed by atoms with Crippen molar-refractivity contribution in [3.63, 3.8) is 0 Å². The predicted octanol–water partition coefficient (Wildman–Crippen LogP) is 7.06. The van der Waals surface area contributed by atoms with Crippen molar-refractivity contribution >= 4 is 54.4 Å². The quantitative estimate of drug-likeness (QED) is 0.335. The van der Waals surface area contributed by atoms with E-state index < -0.39 is 0 Å². The van der Waals surface area contributed by atoms with Crippen LogP contribution in [0.1, 0.15) is 46.2 Å². The van der Waals surface area contributed by atoms with Crippen LogP contribution in [0.15, 0.2) is 49.7 Å². The molecular weight excluding hydrogens is 430 g/mol. The molecule has 0 radical (unpaired) electrons. The van der Waals surface area contributed by atoms with Gasteiger partial charge in [-0.3, -0.25) is 4.98 Å². The van der Waals surface area contributed by atoms with Crippen LogP contribution in [0, 0.1) is 6.92 Å². The zero-order valence-corrected chi connectivity index (χ0v) is 20.6. The minimum Gasteiger partial charge on any atom is -0.388 e. The Hall–Kier alpha value is -2.63. The van der Waals surface area contributed by atoms with Crippen LogP contribution in [0.4, 0.5) is 0 Å². The fourth-order valence-electron chi connectivity index (χ4n) is 4.84. The number of aryl methyl sites for hydroxylation is 1. The molecule has 5 heteroatoms. The number of aromatic nitrogens is 1. The van der Waals surface area contributed by atoms with Gasteiger partial charge in [0.25, 0.3) is 0 Å². The van der Waals surface area contributed by atoms with Gasteiger partial charge in [-0.2, -0.15) is 0 Å². The van der Waals surface area contributed by atoms with Gasteiger partial charge in [-0.25, -0.2) is 0 Å². The molecule has 3 nitrogen and oxygen atoms in total. The molecule has 32 heavy (non-hydrogen) atoms. The van der Waals surface area contributed by atoms with Gasteiger partial charge >= 0.3 is 0 Å². The number of nitrogens with zero attached hydrogens (tertiary/aromatic N) is 2. The SMILES string of the molecule is C=C(NC)c1c(C)sc2cc(Cc3ccnc4cc(C(=C)N5CCCC5C)sc34)ccc12. The number of pyridine rings is 1. The number of likely N-dealkylation sites (tertiary alicyclic amines) is 1. The molecule has 0 amide bonds. The van der Waals surface area contributed by atoms with E-state index in [1.54, 1.807) is 0 Å². The number of benzene rings is 1. The molecular formula is C27H29N3S2. The van der Waals surface area contributed by atoms with Crippen molar-refractivity contribution in [1.29, 1.82) is 0 Å². The summed E-state index contributed by atoms with van der Waals surface area (Å²) in [6, 6.07) is 11.8. The third-order valence-electron chi connectivity index (χ3n) is 6.61. The molecule has 4 heterocycles. The number of hydrogen-bond acceptors (Lipinski definition) is 5. The number of fused-ring (bicyclic) bond motifs is 2. The summed E-state index contributed by atoms with van der Waals surface area (Å²) < 4.78 is 2.60.